The SMILES string of the molecule is CCCCCN(CCC)Cc1ccc(Cl)c(O)c1. The average molecular weight is 270 g/mol. The Bertz CT molecular complexity index is 354. The van der Waals surface area contributed by atoms with Crippen molar-refractivity contribution in [2.45, 2.75) is 46.1 Å². The molecule has 0 bridgehead atoms. The highest BCUT2D eigenvalue weighted by Crippen LogP contribution is 2.24. The van der Waals surface area contributed by atoms with Crippen LogP contribution < -0.4 is 0 Å². The second-order valence-electron chi connectivity index (χ2n) is 4.77. The van der Waals surface area contributed by atoms with Gasteiger partial charge in [0.25, 0.3) is 0 Å². The molecule has 0 aliphatic heterocycles. The van der Waals surface area contributed by atoms with Crippen molar-refractivity contribution < 1.29 is 5.11 Å². The van der Waals surface area contributed by atoms with Gasteiger partial charge in [-0.15, -0.1) is 0 Å². The molecule has 0 atom stereocenters. The summed E-state index contributed by atoms with van der Waals surface area (Å²) in [5.74, 6) is 0.180. The van der Waals surface area contributed by atoms with Crippen LogP contribution in [-0.2, 0) is 6.54 Å². The van der Waals surface area contributed by atoms with Gasteiger partial charge in [-0.1, -0.05) is 44.4 Å². The number of hydrogen-bond acceptors (Lipinski definition) is 2. The Morgan fingerprint density at radius 2 is 1.89 bits per heavy atom. The van der Waals surface area contributed by atoms with Crippen molar-refractivity contribution in [3.05, 3.63) is 28.8 Å². The van der Waals surface area contributed by atoms with Gasteiger partial charge in [0.2, 0.25) is 0 Å². The van der Waals surface area contributed by atoms with Crippen LogP contribution in [0.1, 0.15) is 45.1 Å². The molecule has 102 valence electrons. The van der Waals surface area contributed by atoms with Crippen molar-refractivity contribution in [1.82, 2.24) is 4.90 Å². The quantitative estimate of drug-likeness (QED) is 0.705. The number of phenolic OH excluding ortho intramolecular Hbond substituents is 1. The van der Waals surface area contributed by atoms with Gasteiger partial charge in [-0.25, -0.2) is 0 Å². The maximum atomic E-state index is 9.61. The van der Waals surface area contributed by atoms with E-state index >= 15 is 0 Å². The van der Waals surface area contributed by atoms with Crippen LogP contribution in [0, 0.1) is 0 Å². The first-order valence-corrected chi connectivity index (χ1v) is 7.25. The zero-order valence-corrected chi connectivity index (χ0v) is 12.2. The standard InChI is InChI=1S/C15H24ClNO/c1-3-5-6-10-17(9-4-2)12-13-7-8-14(16)15(18)11-13/h7-8,11,18H,3-6,9-10,12H2,1-2H3. The van der Waals surface area contributed by atoms with Crippen LogP contribution in [0.25, 0.3) is 0 Å². The van der Waals surface area contributed by atoms with Crippen molar-refractivity contribution in [1.29, 1.82) is 0 Å². The molecule has 1 aromatic rings. The molecular formula is C15H24ClNO. The summed E-state index contributed by atoms with van der Waals surface area (Å²) in [5, 5.41) is 10.0. The second-order valence-corrected chi connectivity index (χ2v) is 5.18. The van der Waals surface area contributed by atoms with Gasteiger partial charge in [0.15, 0.2) is 0 Å². The molecule has 0 saturated carbocycles. The lowest BCUT2D eigenvalue weighted by Crippen LogP contribution is -2.25. The van der Waals surface area contributed by atoms with Gasteiger partial charge in [0.05, 0.1) is 5.02 Å². The van der Waals surface area contributed by atoms with Crippen LogP contribution in [0.4, 0.5) is 0 Å². The second kappa shape index (κ2) is 8.39. The Labute approximate surface area is 116 Å². The van der Waals surface area contributed by atoms with Gasteiger partial charge in [0, 0.05) is 6.54 Å². The molecule has 0 radical (unpaired) electrons. The number of unbranched alkanes of at least 4 members (excludes halogenated alkanes) is 2. The van der Waals surface area contributed by atoms with Crippen LogP contribution >= 0.6 is 11.6 Å². The van der Waals surface area contributed by atoms with E-state index in [9.17, 15) is 5.11 Å². The summed E-state index contributed by atoms with van der Waals surface area (Å²) in [6, 6.07) is 5.53. The zero-order chi connectivity index (χ0) is 13.4. The fourth-order valence-electron chi connectivity index (χ4n) is 2.09. The summed E-state index contributed by atoms with van der Waals surface area (Å²) in [7, 11) is 0. The molecular weight excluding hydrogens is 246 g/mol. The van der Waals surface area contributed by atoms with Gasteiger partial charge >= 0.3 is 0 Å². The van der Waals surface area contributed by atoms with Crippen molar-refractivity contribution in [3.8, 4) is 5.75 Å². The minimum absolute atomic E-state index is 0.180. The number of hydrogen-bond donors (Lipinski definition) is 1. The summed E-state index contributed by atoms with van der Waals surface area (Å²) in [5.41, 5.74) is 1.13. The molecule has 1 N–H and O–H groups in total. The lowest BCUT2D eigenvalue weighted by Gasteiger charge is -2.21. The molecule has 0 aliphatic carbocycles. The van der Waals surface area contributed by atoms with E-state index in [2.05, 4.69) is 18.7 Å². The highest BCUT2D eigenvalue weighted by atomic mass is 35.5. The molecule has 0 amide bonds. The van der Waals surface area contributed by atoms with Crippen molar-refractivity contribution in [2.75, 3.05) is 13.1 Å². The first-order chi connectivity index (χ1) is 8.67. The maximum Gasteiger partial charge on any atom is 0.134 e. The van der Waals surface area contributed by atoms with Gasteiger partial charge in [-0.05, 0) is 43.6 Å². The van der Waals surface area contributed by atoms with Crippen LogP contribution in [-0.4, -0.2) is 23.1 Å². The van der Waals surface area contributed by atoms with E-state index in [0.29, 0.717) is 5.02 Å². The predicted octanol–water partition coefficient (Wildman–Crippen LogP) is 4.45. The van der Waals surface area contributed by atoms with E-state index in [1.807, 2.05) is 6.07 Å². The zero-order valence-electron chi connectivity index (χ0n) is 11.5. The highest BCUT2D eigenvalue weighted by molar-refractivity contribution is 6.31. The largest absolute Gasteiger partial charge is 0.506 e. The first-order valence-electron chi connectivity index (χ1n) is 6.87. The molecule has 0 unspecified atom stereocenters. The minimum Gasteiger partial charge on any atom is -0.506 e. The number of benzene rings is 1. The Hall–Kier alpha value is -0.730. The summed E-state index contributed by atoms with van der Waals surface area (Å²) >= 11 is 5.82. The number of aromatic hydroxyl groups is 1. The molecule has 0 saturated heterocycles. The third kappa shape index (κ3) is 5.28. The van der Waals surface area contributed by atoms with Crippen LogP contribution in [0.2, 0.25) is 5.02 Å². The fourth-order valence-corrected chi connectivity index (χ4v) is 2.20. The molecule has 0 heterocycles. The van der Waals surface area contributed by atoms with E-state index < -0.39 is 0 Å². The van der Waals surface area contributed by atoms with Crippen LogP contribution in [0.3, 0.4) is 0 Å². The summed E-state index contributed by atoms with van der Waals surface area (Å²) < 4.78 is 0. The predicted molar refractivity (Wildman–Crippen MR) is 78.2 cm³/mol. The summed E-state index contributed by atoms with van der Waals surface area (Å²) in [6.45, 7) is 7.55. The van der Waals surface area contributed by atoms with E-state index in [-0.39, 0.29) is 5.75 Å². The smallest absolute Gasteiger partial charge is 0.134 e. The van der Waals surface area contributed by atoms with Gasteiger partial charge in [-0.3, -0.25) is 4.90 Å². The Kier molecular flexibility index (Phi) is 7.14. The Balaban J connectivity index is 2.55. The fraction of sp³-hybridized carbons (Fsp3) is 0.600. The average Bonchev–Trinajstić information content (AvgIpc) is 2.34. The molecule has 0 fully saturated rings. The maximum absolute atomic E-state index is 9.61. The number of phenols is 1. The number of nitrogens with zero attached hydrogens (tertiary/aromatic N) is 1. The third-order valence-electron chi connectivity index (χ3n) is 3.03. The summed E-state index contributed by atoms with van der Waals surface area (Å²) in [4.78, 5) is 2.44. The minimum atomic E-state index is 0.180. The lowest BCUT2D eigenvalue weighted by molar-refractivity contribution is 0.259. The first kappa shape index (κ1) is 15.3. The van der Waals surface area contributed by atoms with Crippen molar-refractivity contribution in [2.24, 2.45) is 0 Å². The summed E-state index contributed by atoms with van der Waals surface area (Å²) in [6.07, 6.45) is 4.94. The molecule has 0 aromatic heterocycles. The normalized spacial score (nSPS) is 11.1. The molecule has 18 heavy (non-hydrogen) atoms. The van der Waals surface area contributed by atoms with E-state index in [1.165, 1.54) is 19.3 Å². The van der Waals surface area contributed by atoms with Gasteiger partial charge in [0.1, 0.15) is 5.75 Å². The van der Waals surface area contributed by atoms with Crippen LogP contribution in [0.15, 0.2) is 18.2 Å². The van der Waals surface area contributed by atoms with E-state index in [1.54, 1.807) is 12.1 Å². The third-order valence-corrected chi connectivity index (χ3v) is 3.35. The molecule has 3 heteroatoms. The van der Waals surface area contributed by atoms with Crippen molar-refractivity contribution >= 4 is 11.6 Å². The topological polar surface area (TPSA) is 23.5 Å². The van der Waals surface area contributed by atoms with E-state index in [4.69, 9.17) is 11.6 Å². The highest BCUT2D eigenvalue weighted by Gasteiger charge is 2.06. The van der Waals surface area contributed by atoms with Gasteiger partial charge in [-0.2, -0.15) is 0 Å². The molecule has 0 spiro atoms. The lowest BCUT2D eigenvalue weighted by atomic mass is 10.1. The van der Waals surface area contributed by atoms with E-state index in [0.717, 1.165) is 31.6 Å². The molecule has 2 nitrogen and oxygen atoms in total. The number of halogens is 1. The van der Waals surface area contributed by atoms with Crippen molar-refractivity contribution in [3.63, 3.8) is 0 Å². The number of rotatable bonds is 8. The molecule has 1 rings (SSSR count). The Morgan fingerprint density at radius 1 is 1.11 bits per heavy atom. The Morgan fingerprint density at radius 3 is 2.50 bits per heavy atom. The monoisotopic (exact) mass is 269 g/mol. The molecule has 0 aliphatic rings. The molecule has 1 aromatic carbocycles. The van der Waals surface area contributed by atoms with Gasteiger partial charge < -0.3 is 5.11 Å². The van der Waals surface area contributed by atoms with Crippen LogP contribution in [0.5, 0.6) is 5.75 Å².